The Balaban J connectivity index is 4.24. The van der Waals surface area contributed by atoms with Crippen LogP contribution in [0.4, 0.5) is 13.2 Å². The second kappa shape index (κ2) is 6.96. The number of carbonyl (C=O) groups excluding carboxylic acids is 1. The molecular weight excluding hydrogens is 247 g/mol. The van der Waals surface area contributed by atoms with Crippen LogP contribution in [0.1, 0.15) is 13.8 Å². The summed E-state index contributed by atoms with van der Waals surface area (Å²) in [5, 5.41) is 0. The predicted octanol–water partition coefficient (Wildman–Crippen LogP) is 2.04. The van der Waals surface area contributed by atoms with Crippen molar-refractivity contribution in [3.8, 4) is 0 Å². The maximum absolute atomic E-state index is 12.1. The van der Waals surface area contributed by atoms with Gasteiger partial charge in [-0.2, -0.15) is 13.2 Å². The van der Waals surface area contributed by atoms with Crippen molar-refractivity contribution in [3.05, 3.63) is 0 Å². The van der Waals surface area contributed by atoms with Crippen LogP contribution < -0.4 is 0 Å². The third kappa shape index (κ3) is 7.76. The van der Waals surface area contributed by atoms with Crippen molar-refractivity contribution in [1.82, 2.24) is 4.90 Å². The third-order valence-corrected chi connectivity index (χ3v) is 1.79. The smallest absolute Gasteiger partial charge is 0.369 e. The summed E-state index contributed by atoms with van der Waals surface area (Å²) in [4.78, 5) is 12.0. The van der Waals surface area contributed by atoms with Gasteiger partial charge in [-0.15, -0.1) is 11.6 Å². The molecule has 0 aromatic carbocycles. The first-order valence-electron chi connectivity index (χ1n) is 4.78. The minimum absolute atomic E-state index is 0.0382. The molecule has 0 bridgehead atoms. The highest BCUT2D eigenvalue weighted by molar-refractivity contribution is 6.18. The van der Waals surface area contributed by atoms with Crippen LogP contribution in [0.25, 0.3) is 0 Å². The van der Waals surface area contributed by atoms with Gasteiger partial charge in [-0.05, 0) is 13.8 Å². The van der Waals surface area contributed by atoms with Gasteiger partial charge in [-0.25, -0.2) is 0 Å². The number of alkyl halides is 4. The maximum Gasteiger partial charge on any atom is 0.406 e. The fraction of sp³-hybridized carbons (Fsp3) is 0.889. The van der Waals surface area contributed by atoms with E-state index in [0.717, 1.165) is 0 Å². The van der Waals surface area contributed by atoms with Crippen LogP contribution in [-0.2, 0) is 9.53 Å². The lowest BCUT2D eigenvalue weighted by Gasteiger charge is -2.23. The molecule has 96 valence electrons. The summed E-state index contributed by atoms with van der Waals surface area (Å²) < 4.78 is 41.3. The van der Waals surface area contributed by atoms with Crippen LogP contribution in [0.5, 0.6) is 0 Å². The van der Waals surface area contributed by atoms with Gasteiger partial charge in [0.15, 0.2) is 0 Å². The molecule has 0 heterocycles. The fourth-order valence-corrected chi connectivity index (χ4v) is 1.14. The summed E-state index contributed by atoms with van der Waals surface area (Å²) in [5.41, 5.74) is 0. The number of carbonyl (C=O) groups is 1. The first kappa shape index (κ1) is 15.5. The third-order valence-electron chi connectivity index (χ3n) is 1.62. The average Bonchev–Trinajstić information content (AvgIpc) is 2.11. The summed E-state index contributed by atoms with van der Waals surface area (Å²) in [6.07, 6.45) is -4.62. The van der Waals surface area contributed by atoms with Crippen LogP contribution in [-0.4, -0.2) is 48.7 Å². The number of ether oxygens (including phenoxy) is 1. The van der Waals surface area contributed by atoms with Gasteiger partial charge in [-0.1, -0.05) is 0 Å². The molecule has 1 amide bonds. The maximum atomic E-state index is 12.1. The number of rotatable bonds is 6. The molecule has 0 N–H and O–H groups in total. The van der Waals surface area contributed by atoms with Crippen LogP contribution in [0.2, 0.25) is 0 Å². The summed E-state index contributed by atoms with van der Waals surface area (Å²) >= 11 is 5.33. The second-order valence-electron chi connectivity index (χ2n) is 3.48. The van der Waals surface area contributed by atoms with Gasteiger partial charge >= 0.3 is 6.18 Å². The number of amides is 1. The van der Waals surface area contributed by atoms with Gasteiger partial charge in [0.25, 0.3) is 0 Å². The molecule has 0 unspecified atom stereocenters. The van der Waals surface area contributed by atoms with Gasteiger partial charge in [0.2, 0.25) is 5.91 Å². The van der Waals surface area contributed by atoms with E-state index in [1.165, 1.54) is 0 Å². The highest BCUT2D eigenvalue weighted by Gasteiger charge is 2.32. The van der Waals surface area contributed by atoms with Gasteiger partial charge < -0.3 is 9.64 Å². The van der Waals surface area contributed by atoms with Crippen LogP contribution in [0.3, 0.4) is 0 Å². The average molecular weight is 262 g/mol. The molecule has 0 rings (SSSR count). The van der Waals surface area contributed by atoms with Crippen molar-refractivity contribution in [1.29, 1.82) is 0 Å². The standard InChI is InChI=1S/C9H15ClF3NO2/c1-7(2)16-5-8(15)14(4-3-10)6-9(11,12)13/h7H,3-6H2,1-2H3. The molecule has 0 saturated carbocycles. The lowest BCUT2D eigenvalue weighted by molar-refractivity contribution is -0.164. The largest absolute Gasteiger partial charge is 0.406 e. The van der Waals surface area contributed by atoms with E-state index in [1.807, 2.05) is 0 Å². The zero-order valence-corrected chi connectivity index (χ0v) is 9.94. The van der Waals surface area contributed by atoms with Crippen LogP contribution >= 0.6 is 11.6 Å². The SMILES string of the molecule is CC(C)OCC(=O)N(CCCl)CC(F)(F)F. The minimum Gasteiger partial charge on any atom is -0.369 e. The Bertz CT molecular complexity index is 221. The highest BCUT2D eigenvalue weighted by atomic mass is 35.5. The molecule has 16 heavy (non-hydrogen) atoms. The van der Waals surface area contributed by atoms with E-state index in [4.69, 9.17) is 16.3 Å². The molecule has 0 aromatic heterocycles. The molecule has 0 aliphatic carbocycles. The van der Waals surface area contributed by atoms with Crippen molar-refractivity contribution in [2.24, 2.45) is 0 Å². The molecule has 0 radical (unpaired) electrons. The fourth-order valence-electron chi connectivity index (χ4n) is 0.940. The summed E-state index contributed by atoms with van der Waals surface area (Å²) in [6.45, 7) is 1.61. The van der Waals surface area contributed by atoms with Crippen molar-refractivity contribution >= 4 is 17.5 Å². The second-order valence-corrected chi connectivity index (χ2v) is 3.86. The van der Waals surface area contributed by atoms with E-state index in [-0.39, 0.29) is 25.1 Å². The molecule has 0 saturated heterocycles. The molecule has 0 fully saturated rings. The Morgan fingerprint density at radius 3 is 2.38 bits per heavy atom. The lowest BCUT2D eigenvalue weighted by Crippen LogP contribution is -2.42. The quantitative estimate of drug-likeness (QED) is 0.685. The van der Waals surface area contributed by atoms with E-state index in [9.17, 15) is 18.0 Å². The van der Waals surface area contributed by atoms with E-state index in [1.54, 1.807) is 13.8 Å². The van der Waals surface area contributed by atoms with Crippen molar-refractivity contribution in [2.75, 3.05) is 25.6 Å². The monoisotopic (exact) mass is 261 g/mol. The molecule has 7 heteroatoms. The lowest BCUT2D eigenvalue weighted by atomic mass is 10.4. The summed E-state index contributed by atoms with van der Waals surface area (Å²) in [5.74, 6) is -0.740. The van der Waals surface area contributed by atoms with E-state index < -0.39 is 18.6 Å². The molecule has 0 atom stereocenters. The zero-order chi connectivity index (χ0) is 12.8. The Morgan fingerprint density at radius 1 is 1.44 bits per heavy atom. The van der Waals surface area contributed by atoms with Crippen LogP contribution in [0, 0.1) is 0 Å². The van der Waals surface area contributed by atoms with Crippen molar-refractivity contribution in [3.63, 3.8) is 0 Å². The number of hydrogen-bond acceptors (Lipinski definition) is 2. The Hall–Kier alpha value is -0.490. The normalized spacial score (nSPS) is 11.9. The molecule has 3 nitrogen and oxygen atoms in total. The summed E-state index contributed by atoms with van der Waals surface area (Å²) in [6, 6.07) is 0. The number of halogens is 4. The molecule has 0 aromatic rings. The highest BCUT2D eigenvalue weighted by Crippen LogP contribution is 2.16. The first-order chi connectivity index (χ1) is 7.26. The van der Waals surface area contributed by atoms with Crippen molar-refractivity contribution in [2.45, 2.75) is 26.1 Å². The van der Waals surface area contributed by atoms with Crippen molar-refractivity contribution < 1.29 is 22.7 Å². The van der Waals surface area contributed by atoms with Crippen LogP contribution in [0.15, 0.2) is 0 Å². The molecular formula is C9H15ClF3NO2. The van der Waals surface area contributed by atoms with E-state index in [2.05, 4.69) is 0 Å². The minimum atomic E-state index is -4.42. The zero-order valence-electron chi connectivity index (χ0n) is 9.18. The number of hydrogen-bond donors (Lipinski definition) is 0. The van der Waals surface area contributed by atoms with Gasteiger partial charge in [0.1, 0.15) is 13.2 Å². The predicted molar refractivity (Wildman–Crippen MR) is 54.4 cm³/mol. The Kier molecular flexibility index (Phi) is 6.74. The van der Waals surface area contributed by atoms with E-state index in [0.29, 0.717) is 4.90 Å². The Morgan fingerprint density at radius 2 is 2.00 bits per heavy atom. The Labute approximate surface area is 97.5 Å². The molecule has 0 aliphatic heterocycles. The van der Waals surface area contributed by atoms with Gasteiger partial charge in [-0.3, -0.25) is 4.79 Å². The van der Waals surface area contributed by atoms with Gasteiger partial charge in [0, 0.05) is 12.4 Å². The molecule has 0 aliphatic rings. The topological polar surface area (TPSA) is 29.5 Å². The first-order valence-corrected chi connectivity index (χ1v) is 5.32. The number of nitrogens with zero attached hydrogens (tertiary/aromatic N) is 1. The van der Waals surface area contributed by atoms with Gasteiger partial charge in [0.05, 0.1) is 6.10 Å². The summed E-state index contributed by atoms with van der Waals surface area (Å²) in [7, 11) is 0. The molecule has 0 spiro atoms. The van der Waals surface area contributed by atoms with E-state index >= 15 is 0 Å².